The van der Waals surface area contributed by atoms with Crippen molar-refractivity contribution in [1.29, 1.82) is 0 Å². The minimum atomic E-state index is -3.46. The van der Waals surface area contributed by atoms with Gasteiger partial charge in [-0.25, -0.2) is 13.1 Å². The Kier molecular flexibility index (Phi) is 5.63. The zero-order chi connectivity index (χ0) is 19.3. The lowest BCUT2D eigenvalue weighted by Crippen LogP contribution is -2.23. The van der Waals surface area contributed by atoms with Crippen LogP contribution in [-0.2, 0) is 16.6 Å². The fraction of sp³-hybridized carbons (Fsp3) is 0.100. The molecule has 2 N–H and O–H groups in total. The van der Waals surface area contributed by atoms with Gasteiger partial charge in [0.1, 0.15) is 0 Å². The molecule has 138 valence electrons. The first-order chi connectivity index (χ1) is 13.0. The van der Waals surface area contributed by atoms with E-state index in [0.717, 1.165) is 16.8 Å². The number of hydrogen-bond acceptors (Lipinski definition) is 4. The van der Waals surface area contributed by atoms with E-state index in [1.165, 1.54) is 19.2 Å². The molecule has 0 aliphatic carbocycles. The summed E-state index contributed by atoms with van der Waals surface area (Å²) in [6.45, 7) is 0.291. The fourth-order valence-electron chi connectivity index (χ4n) is 2.50. The molecule has 0 aliphatic rings. The highest BCUT2D eigenvalue weighted by Gasteiger charge is 2.11. The molecule has 3 aromatic rings. The van der Waals surface area contributed by atoms with Crippen molar-refractivity contribution >= 4 is 15.9 Å². The van der Waals surface area contributed by atoms with Crippen LogP contribution in [0, 0.1) is 0 Å². The van der Waals surface area contributed by atoms with Crippen LogP contribution in [0.25, 0.3) is 11.3 Å². The lowest BCUT2D eigenvalue weighted by Gasteiger charge is -2.07. The van der Waals surface area contributed by atoms with Crippen LogP contribution in [0.3, 0.4) is 0 Å². The Morgan fingerprint density at radius 2 is 1.67 bits per heavy atom. The summed E-state index contributed by atoms with van der Waals surface area (Å²) in [6.07, 6.45) is 1.54. The number of hydrogen-bond donors (Lipinski definition) is 2. The minimum absolute atomic E-state index is 0.181. The Balaban J connectivity index is 1.62. The van der Waals surface area contributed by atoms with Crippen LogP contribution in [0.5, 0.6) is 0 Å². The largest absolute Gasteiger partial charge is 0.348 e. The van der Waals surface area contributed by atoms with Gasteiger partial charge in [0.15, 0.2) is 0 Å². The van der Waals surface area contributed by atoms with E-state index < -0.39 is 10.0 Å². The van der Waals surface area contributed by atoms with E-state index in [1.54, 1.807) is 24.4 Å². The number of nitrogens with one attached hydrogen (secondary N) is 2. The first-order valence-electron chi connectivity index (χ1n) is 8.32. The lowest BCUT2D eigenvalue weighted by atomic mass is 10.1. The Morgan fingerprint density at radius 1 is 0.963 bits per heavy atom. The van der Waals surface area contributed by atoms with Gasteiger partial charge in [-0.2, -0.15) is 0 Å². The van der Waals surface area contributed by atoms with E-state index in [2.05, 4.69) is 15.0 Å². The molecule has 0 unspecified atom stereocenters. The third-order valence-corrected chi connectivity index (χ3v) is 5.48. The molecule has 0 radical (unpaired) electrons. The van der Waals surface area contributed by atoms with Crippen LogP contribution in [-0.4, -0.2) is 26.4 Å². The van der Waals surface area contributed by atoms with Gasteiger partial charge >= 0.3 is 0 Å². The van der Waals surface area contributed by atoms with Gasteiger partial charge in [0.25, 0.3) is 5.91 Å². The van der Waals surface area contributed by atoms with Crippen molar-refractivity contribution < 1.29 is 13.2 Å². The molecular weight excluding hydrogens is 362 g/mol. The number of carbonyl (C=O) groups is 1. The Labute approximate surface area is 158 Å². The molecule has 3 rings (SSSR count). The summed E-state index contributed by atoms with van der Waals surface area (Å²) in [4.78, 5) is 16.8. The van der Waals surface area contributed by atoms with Gasteiger partial charge in [-0.1, -0.05) is 42.5 Å². The van der Waals surface area contributed by atoms with Crippen LogP contribution in [0.1, 0.15) is 15.9 Å². The summed E-state index contributed by atoms with van der Waals surface area (Å²) in [5.41, 5.74) is 3.05. The normalized spacial score (nSPS) is 11.1. The maximum absolute atomic E-state index is 12.3. The van der Waals surface area contributed by atoms with Crippen LogP contribution >= 0.6 is 0 Å². The van der Waals surface area contributed by atoms with Crippen molar-refractivity contribution in [2.45, 2.75) is 11.4 Å². The van der Waals surface area contributed by atoms with Gasteiger partial charge in [-0.15, -0.1) is 0 Å². The third kappa shape index (κ3) is 4.58. The number of rotatable bonds is 6. The average molecular weight is 381 g/mol. The number of pyridine rings is 1. The van der Waals surface area contributed by atoms with Crippen LogP contribution in [0.4, 0.5) is 0 Å². The minimum Gasteiger partial charge on any atom is -0.348 e. The third-order valence-electron chi connectivity index (χ3n) is 4.05. The summed E-state index contributed by atoms with van der Waals surface area (Å²) in [7, 11) is -2.10. The quantitative estimate of drug-likeness (QED) is 0.687. The smallest absolute Gasteiger partial charge is 0.253 e. The van der Waals surface area contributed by atoms with Crippen LogP contribution < -0.4 is 10.0 Å². The molecule has 1 amide bonds. The lowest BCUT2D eigenvalue weighted by molar-refractivity contribution is 0.0950. The predicted octanol–water partition coefficient (Wildman–Crippen LogP) is 2.59. The van der Waals surface area contributed by atoms with E-state index in [1.807, 2.05) is 36.4 Å². The van der Waals surface area contributed by atoms with Crippen molar-refractivity contribution in [3.63, 3.8) is 0 Å². The number of carbonyl (C=O) groups excluding carboxylic acids is 1. The van der Waals surface area contributed by atoms with Gasteiger partial charge < -0.3 is 5.32 Å². The van der Waals surface area contributed by atoms with E-state index >= 15 is 0 Å². The van der Waals surface area contributed by atoms with Crippen molar-refractivity contribution in [2.75, 3.05) is 7.05 Å². The van der Waals surface area contributed by atoms with E-state index in [9.17, 15) is 13.2 Å². The zero-order valence-electron chi connectivity index (χ0n) is 14.7. The second kappa shape index (κ2) is 8.11. The van der Waals surface area contributed by atoms with Gasteiger partial charge in [0, 0.05) is 18.3 Å². The first kappa shape index (κ1) is 18.8. The monoisotopic (exact) mass is 381 g/mol. The maximum Gasteiger partial charge on any atom is 0.253 e. The first-order valence-corrected chi connectivity index (χ1v) is 9.80. The molecule has 0 saturated carbocycles. The van der Waals surface area contributed by atoms with Crippen LogP contribution in [0.2, 0.25) is 0 Å². The number of aromatic nitrogens is 1. The number of amides is 1. The molecule has 0 fully saturated rings. The van der Waals surface area contributed by atoms with E-state index in [-0.39, 0.29) is 10.8 Å². The maximum atomic E-state index is 12.3. The standard InChI is InChI=1S/C20H19N3O3S/c1-21-27(25,26)18-10-7-15(8-11-18)13-23-20(24)17-9-12-19(22-14-17)16-5-3-2-4-6-16/h2-12,14,21H,13H2,1H3,(H,23,24). The molecule has 1 heterocycles. The highest BCUT2D eigenvalue weighted by Crippen LogP contribution is 2.16. The highest BCUT2D eigenvalue weighted by molar-refractivity contribution is 7.89. The molecule has 27 heavy (non-hydrogen) atoms. The van der Waals surface area contributed by atoms with Gasteiger partial charge in [0.05, 0.1) is 16.2 Å². The molecule has 1 aromatic heterocycles. The molecule has 0 atom stereocenters. The van der Waals surface area contributed by atoms with Gasteiger partial charge in [-0.3, -0.25) is 9.78 Å². The predicted molar refractivity (Wildman–Crippen MR) is 104 cm³/mol. The Bertz CT molecular complexity index is 1020. The number of benzene rings is 2. The Morgan fingerprint density at radius 3 is 2.26 bits per heavy atom. The second-order valence-corrected chi connectivity index (χ2v) is 7.72. The number of nitrogens with zero attached hydrogens (tertiary/aromatic N) is 1. The zero-order valence-corrected chi connectivity index (χ0v) is 15.5. The summed E-state index contributed by atoms with van der Waals surface area (Å²) in [5.74, 6) is -0.242. The SMILES string of the molecule is CNS(=O)(=O)c1ccc(CNC(=O)c2ccc(-c3ccccc3)nc2)cc1. The molecule has 2 aromatic carbocycles. The molecule has 6 nitrogen and oxygen atoms in total. The van der Waals surface area contributed by atoms with Crippen molar-refractivity contribution in [3.05, 3.63) is 84.1 Å². The van der Waals surface area contributed by atoms with Gasteiger partial charge in [-0.05, 0) is 36.9 Å². The molecule has 7 heteroatoms. The summed E-state index contributed by atoms with van der Waals surface area (Å²) in [6, 6.07) is 19.6. The van der Waals surface area contributed by atoms with Crippen molar-refractivity contribution in [3.8, 4) is 11.3 Å². The topological polar surface area (TPSA) is 88.2 Å². The van der Waals surface area contributed by atoms with Crippen LogP contribution in [0.15, 0.2) is 77.8 Å². The highest BCUT2D eigenvalue weighted by atomic mass is 32.2. The van der Waals surface area contributed by atoms with Gasteiger partial charge in [0.2, 0.25) is 10.0 Å². The average Bonchev–Trinajstić information content (AvgIpc) is 2.73. The molecule has 0 bridgehead atoms. The van der Waals surface area contributed by atoms with E-state index in [0.29, 0.717) is 12.1 Å². The summed E-state index contributed by atoms with van der Waals surface area (Å²) < 4.78 is 25.7. The molecular formula is C20H19N3O3S. The number of sulfonamides is 1. The Hall–Kier alpha value is -3.03. The van der Waals surface area contributed by atoms with E-state index in [4.69, 9.17) is 0 Å². The molecule has 0 aliphatic heterocycles. The van der Waals surface area contributed by atoms with Crippen molar-refractivity contribution in [1.82, 2.24) is 15.0 Å². The van der Waals surface area contributed by atoms with Crippen molar-refractivity contribution in [2.24, 2.45) is 0 Å². The fourth-order valence-corrected chi connectivity index (χ4v) is 3.23. The molecule has 0 spiro atoms. The molecule has 0 saturated heterocycles. The summed E-state index contributed by atoms with van der Waals surface area (Å²) in [5, 5.41) is 2.80. The summed E-state index contributed by atoms with van der Waals surface area (Å²) >= 11 is 0. The second-order valence-electron chi connectivity index (χ2n) is 5.83.